The first-order valence-corrected chi connectivity index (χ1v) is 7.25. The molecule has 1 saturated heterocycles. The predicted molar refractivity (Wildman–Crippen MR) is 79.9 cm³/mol. The number of hydrogen-bond donors (Lipinski definition) is 2. The Morgan fingerprint density at radius 2 is 2.11 bits per heavy atom. The monoisotopic (exact) mass is 283 g/mol. The van der Waals surface area contributed by atoms with Crippen LogP contribution in [0.2, 0.25) is 5.02 Å². The van der Waals surface area contributed by atoms with Crippen LogP contribution in [0.5, 0.6) is 0 Å². The summed E-state index contributed by atoms with van der Waals surface area (Å²) in [4.78, 5) is 10.9. The maximum atomic E-state index is 6.11. The van der Waals surface area contributed by atoms with Crippen LogP contribution in [-0.2, 0) is 0 Å². The van der Waals surface area contributed by atoms with Crippen LogP contribution in [0.3, 0.4) is 0 Å². The Labute approximate surface area is 119 Å². The van der Waals surface area contributed by atoms with Crippen molar-refractivity contribution in [1.82, 2.24) is 14.9 Å². The molecule has 0 unspecified atom stereocenters. The molecular weight excluding hydrogens is 262 g/mol. The van der Waals surface area contributed by atoms with Gasteiger partial charge in [0.2, 0.25) is 5.95 Å². The molecule has 0 aromatic carbocycles. The topological polar surface area (TPSA) is 53.1 Å². The first kappa shape index (κ1) is 14.3. The molecule has 0 radical (unpaired) electrons. The SMILES string of the molecule is CCNc1ncc(Cl)c(NCC2CCN(C)CC2)n1. The Kier molecular flexibility index (Phi) is 5.22. The molecule has 2 heterocycles. The molecule has 6 heteroatoms. The minimum Gasteiger partial charge on any atom is -0.368 e. The molecule has 106 valence electrons. The Balaban J connectivity index is 1.89. The smallest absolute Gasteiger partial charge is 0.224 e. The highest BCUT2D eigenvalue weighted by atomic mass is 35.5. The van der Waals surface area contributed by atoms with Crippen molar-refractivity contribution in [2.45, 2.75) is 19.8 Å². The average Bonchev–Trinajstić information content (AvgIpc) is 2.41. The number of rotatable bonds is 5. The number of nitrogens with one attached hydrogen (secondary N) is 2. The molecule has 0 spiro atoms. The maximum absolute atomic E-state index is 6.11. The van der Waals surface area contributed by atoms with Crippen molar-refractivity contribution in [2.75, 3.05) is 43.9 Å². The Morgan fingerprint density at radius 3 is 2.79 bits per heavy atom. The molecule has 0 amide bonds. The molecule has 1 fully saturated rings. The second-order valence-corrected chi connectivity index (χ2v) is 5.46. The van der Waals surface area contributed by atoms with Crippen molar-refractivity contribution < 1.29 is 0 Å². The van der Waals surface area contributed by atoms with Gasteiger partial charge in [-0.25, -0.2) is 4.98 Å². The van der Waals surface area contributed by atoms with Gasteiger partial charge >= 0.3 is 0 Å². The van der Waals surface area contributed by atoms with E-state index in [1.807, 2.05) is 6.92 Å². The molecule has 1 aromatic heterocycles. The van der Waals surface area contributed by atoms with E-state index in [-0.39, 0.29) is 0 Å². The number of likely N-dealkylation sites (tertiary alicyclic amines) is 1. The van der Waals surface area contributed by atoms with Gasteiger partial charge in [0.25, 0.3) is 0 Å². The van der Waals surface area contributed by atoms with Gasteiger partial charge in [0.1, 0.15) is 10.8 Å². The van der Waals surface area contributed by atoms with E-state index in [4.69, 9.17) is 11.6 Å². The van der Waals surface area contributed by atoms with Crippen molar-refractivity contribution >= 4 is 23.4 Å². The fourth-order valence-corrected chi connectivity index (χ4v) is 2.40. The molecule has 0 aliphatic carbocycles. The van der Waals surface area contributed by atoms with Crippen LogP contribution >= 0.6 is 11.6 Å². The van der Waals surface area contributed by atoms with Gasteiger partial charge < -0.3 is 15.5 Å². The maximum Gasteiger partial charge on any atom is 0.224 e. The zero-order valence-electron chi connectivity index (χ0n) is 11.6. The lowest BCUT2D eigenvalue weighted by molar-refractivity contribution is 0.226. The lowest BCUT2D eigenvalue weighted by Gasteiger charge is -2.29. The number of halogens is 1. The van der Waals surface area contributed by atoms with Crippen molar-refractivity contribution in [1.29, 1.82) is 0 Å². The molecule has 2 rings (SSSR count). The summed E-state index contributed by atoms with van der Waals surface area (Å²) < 4.78 is 0. The van der Waals surface area contributed by atoms with E-state index < -0.39 is 0 Å². The number of aromatic nitrogens is 2. The van der Waals surface area contributed by atoms with E-state index in [1.54, 1.807) is 6.20 Å². The zero-order chi connectivity index (χ0) is 13.7. The fraction of sp³-hybridized carbons (Fsp3) is 0.692. The van der Waals surface area contributed by atoms with Crippen molar-refractivity contribution in [3.05, 3.63) is 11.2 Å². The second kappa shape index (κ2) is 6.91. The molecule has 1 aromatic rings. The summed E-state index contributed by atoms with van der Waals surface area (Å²) in [6.07, 6.45) is 4.10. The predicted octanol–water partition coefficient (Wildman–Crippen LogP) is 2.32. The zero-order valence-corrected chi connectivity index (χ0v) is 12.4. The summed E-state index contributed by atoms with van der Waals surface area (Å²) in [7, 11) is 2.17. The molecule has 0 bridgehead atoms. The van der Waals surface area contributed by atoms with Crippen LogP contribution in [0.15, 0.2) is 6.20 Å². The summed E-state index contributed by atoms with van der Waals surface area (Å²) in [5.74, 6) is 2.05. The number of anilines is 2. The Bertz CT molecular complexity index is 404. The normalized spacial score (nSPS) is 17.4. The summed E-state index contributed by atoms with van der Waals surface area (Å²) in [6.45, 7) is 6.09. The first-order valence-electron chi connectivity index (χ1n) is 6.88. The van der Waals surface area contributed by atoms with E-state index in [9.17, 15) is 0 Å². The van der Waals surface area contributed by atoms with Crippen molar-refractivity contribution in [3.8, 4) is 0 Å². The lowest BCUT2D eigenvalue weighted by Crippen LogP contribution is -2.33. The standard InChI is InChI=1S/C13H22ClN5/c1-3-15-13-17-9-11(14)12(18-13)16-8-10-4-6-19(2)7-5-10/h9-10H,3-8H2,1-2H3,(H2,15,16,17,18). The van der Waals surface area contributed by atoms with E-state index in [0.29, 0.717) is 16.9 Å². The minimum absolute atomic E-state index is 0.578. The quantitative estimate of drug-likeness (QED) is 0.869. The number of nitrogens with zero attached hydrogens (tertiary/aromatic N) is 3. The van der Waals surface area contributed by atoms with E-state index in [0.717, 1.165) is 18.9 Å². The van der Waals surface area contributed by atoms with Crippen LogP contribution < -0.4 is 10.6 Å². The van der Waals surface area contributed by atoms with Gasteiger partial charge in [0.05, 0.1) is 6.20 Å². The molecule has 19 heavy (non-hydrogen) atoms. The van der Waals surface area contributed by atoms with Gasteiger partial charge in [-0.1, -0.05) is 11.6 Å². The minimum atomic E-state index is 0.578. The summed E-state index contributed by atoms with van der Waals surface area (Å²) in [6, 6.07) is 0. The fourth-order valence-electron chi connectivity index (χ4n) is 2.24. The molecule has 2 N–H and O–H groups in total. The lowest BCUT2D eigenvalue weighted by atomic mass is 9.97. The first-order chi connectivity index (χ1) is 9.19. The van der Waals surface area contributed by atoms with E-state index in [2.05, 4.69) is 32.5 Å². The van der Waals surface area contributed by atoms with Gasteiger partial charge in [-0.2, -0.15) is 4.98 Å². The van der Waals surface area contributed by atoms with Gasteiger partial charge in [0.15, 0.2) is 0 Å². The van der Waals surface area contributed by atoms with Crippen LogP contribution in [0.4, 0.5) is 11.8 Å². The van der Waals surface area contributed by atoms with Crippen molar-refractivity contribution in [3.63, 3.8) is 0 Å². The highest BCUT2D eigenvalue weighted by Crippen LogP contribution is 2.21. The van der Waals surface area contributed by atoms with Gasteiger partial charge in [0, 0.05) is 13.1 Å². The third-order valence-corrected chi connectivity index (χ3v) is 3.75. The van der Waals surface area contributed by atoms with Gasteiger partial charge in [-0.3, -0.25) is 0 Å². The second-order valence-electron chi connectivity index (χ2n) is 5.05. The molecule has 1 aliphatic rings. The average molecular weight is 284 g/mol. The molecule has 1 aliphatic heterocycles. The summed E-state index contributed by atoms with van der Waals surface area (Å²) in [5, 5.41) is 7.02. The third kappa shape index (κ3) is 4.21. The largest absolute Gasteiger partial charge is 0.368 e. The third-order valence-electron chi connectivity index (χ3n) is 3.48. The van der Waals surface area contributed by atoms with Crippen LogP contribution in [0, 0.1) is 5.92 Å². The van der Waals surface area contributed by atoms with E-state index in [1.165, 1.54) is 25.9 Å². The Hall–Kier alpha value is -1.07. The number of hydrogen-bond acceptors (Lipinski definition) is 5. The van der Waals surface area contributed by atoms with Crippen molar-refractivity contribution in [2.24, 2.45) is 5.92 Å². The number of piperidine rings is 1. The highest BCUT2D eigenvalue weighted by Gasteiger charge is 2.17. The van der Waals surface area contributed by atoms with Crippen LogP contribution in [-0.4, -0.2) is 48.1 Å². The van der Waals surface area contributed by atoms with E-state index >= 15 is 0 Å². The summed E-state index contributed by atoms with van der Waals surface area (Å²) >= 11 is 6.11. The molecule has 0 saturated carbocycles. The van der Waals surface area contributed by atoms with Crippen LogP contribution in [0.25, 0.3) is 0 Å². The highest BCUT2D eigenvalue weighted by molar-refractivity contribution is 6.32. The summed E-state index contributed by atoms with van der Waals surface area (Å²) in [5.41, 5.74) is 0. The Morgan fingerprint density at radius 1 is 1.37 bits per heavy atom. The van der Waals surface area contributed by atoms with Crippen LogP contribution in [0.1, 0.15) is 19.8 Å². The van der Waals surface area contributed by atoms with Gasteiger partial charge in [-0.15, -0.1) is 0 Å². The molecule has 0 atom stereocenters. The van der Waals surface area contributed by atoms with Gasteiger partial charge in [-0.05, 0) is 45.8 Å². The molecule has 5 nitrogen and oxygen atoms in total. The molecular formula is C13H22ClN5.